The predicted octanol–water partition coefficient (Wildman–Crippen LogP) is 2.80. The Bertz CT molecular complexity index is 630. The molecule has 1 unspecified atom stereocenters. The van der Waals surface area contributed by atoms with E-state index in [0.717, 1.165) is 38.6 Å². The summed E-state index contributed by atoms with van der Waals surface area (Å²) < 4.78 is 16.4. The van der Waals surface area contributed by atoms with Crippen molar-refractivity contribution in [3.05, 3.63) is 23.8 Å². The molecular weight excluding hydrogens is 322 g/mol. The van der Waals surface area contributed by atoms with Crippen LogP contribution in [0, 0.1) is 0 Å². The van der Waals surface area contributed by atoms with Gasteiger partial charge in [0.25, 0.3) is 5.91 Å². The molecule has 1 amide bonds. The molecule has 0 bridgehead atoms. The third-order valence-electron chi connectivity index (χ3n) is 4.73. The number of hydrogen-bond donors (Lipinski definition) is 0. The highest BCUT2D eigenvalue weighted by Crippen LogP contribution is 2.30. The molecule has 25 heavy (non-hydrogen) atoms. The van der Waals surface area contributed by atoms with Crippen molar-refractivity contribution in [2.75, 3.05) is 26.4 Å². The lowest BCUT2D eigenvalue weighted by molar-refractivity contribution is -0.138. The number of benzene rings is 1. The first-order valence-electron chi connectivity index (χ1n) is 9.05. The third-order valence-corrected chi connectivity index (χ3v) is 4.73. The fraction of sp³-hybridized carbons (Fsp3) is 0.579. The van der Waals surface area contributed by atoms with Gasteiger partial charge in [0, 0.05) is 19.0 Å². The molecule has 136 valence electrons. The van der Waals surface area contributed by atoms with Gasteiger partial charge in [-0.2, -0.15) is 0 Å². The zero-order valence-corrected chi connectivity index (χ0v) is 14.7. The molecule has 6 nitrogen and oxygen atoms in total. The van der Waals surface area contributed by atoms with Crippen LogP contribution in [0.5, 0.6) is 11.5 Å². The maximum atomic E-state index is 12.4. The predicted molar refractivity (Wildman–Crippen MR) is 92.0 cm³/mol. The molecule has 1 fully saturated rings. The number of ether oxygens (including phenoxy) is 3. The van der Waals surface area contributed by atoms with Gasteiger partial charge in [0.2, 0.25) is 0 Å². The number of nitrogens with zero attached hydrogens (tertiary/aromatic N) is 1. The highest BCUT2D eigenvalue weighted by molar-refractivity contribution is 5.92. The fourth-order valence-electron chi connectivity index (χ4n) is 3.34. The average Bonchev–Trinajstić information content (AvgIpc) is 2.90. The molecule has 0 aliphatic carbocycles. The molecule has 0 aromatic heterocycles. The maximum Gasteiger partial charge on any atom is 0.338 e. The number of piperidine rings is 1. The van der Waals surface area contributed by atoms with Crippen LogP contribution >= 0.6 is 0 Å². The molecule has 1 aromatic rings. The minimum absolute atomic E-state index is 0.116. The second kappa shape index (κ2) is 8.23. The summed E-state index contributed by atoms with van der Waals surface area (Å²) in [6, 6.07) is 5.22. The van der Waals surface area contributed by atoms with E-state index in [1.54, 1.807) is 18.2 Å². The highest BCUT2D eigenvalue weighted by atomic mass is 16.5. The van der Waals surface area contributed by atoms with E-state index in [0.29, 0.717) is 30.3 Å². The van der Waals surface area contributed by atoms with Gasteiger partial charge in [-0.15, -0.1) is 0 Å². The van der Waals surface area contributed by atoms with Gasteiger partial charge >= 0.3 is 5.97 Å². The molecule has 2 aliphatic heterocycles. The van der Waals surface area contributed by atoms with Gasteiger partial charge in [0.05, 0.1) is 18.8 Å². The molecule has 2 aliphatic rings. The number of carbonyl (C=O) groups is 2. The summed E-state index contributed by atoms with van der Waals surface area (Å²) in [5.74, 6) is 0.535. The van der Waals surface area contributed by atoms with E-state index in [2.05, 4.69) is 6.92 Å². The van der Waals surface area contributed by atoms with Crippen molar-refractivity contribution in [3.63, 3.8) is 0 Å². The normalized spacial score (nSPS) is 19.9. The number of carbonyl (C=O) groups excluding carboxylic acids is 2. The lowest BCUT2D eigenvalue weighted by Gasteiger charge is -2.35. The molecule has 1 aromatic carbocycles. The van der Waals surface area contributed by atoms with E-state index >= 15 is 0 Å². The second-order valence-electron chi connectivity index (χ2n) is 6.43. The number of amides is 1. The van der Waals surface area contributed by atoms with Crippen LogP contribution in [0.2, 0.25) is 0 Å². The first-order chi connectivity index (χ1) is 12.2. The van der Waals surface area contributed by atoms with E-state index in [1.165, 1.54) is 0 Å². The molecule has 1 saturated heterocycles. The minimum atomic E-state index is -0.519. The number of hydrogen-bond acceptors (Lipinski definition) is 5. The molecule has 0 radical (unpaired) electrons. The zero-order chi connectivity index (χ0) is 17.6. The van der Waals surface area contributed by atoms with E-state index in [4.69, 9.17) is 14.2 Å². The van der Waals surface area contributed by atoms with Gasteiger partial charge in [-0.05, 0) is 43.9 Å². The first-order valence-corrected chi connectivity index (χ1v) is 9.05. The number of likely N-dealkylation sites (tertiary alicyclic amines) is 1. The van der Waals surface area contributed by atoms with Crippen LogP contribution in [0.4, 0.5) is 0 Å². The molecule has 3 rings (SSSR count). The molecule has 0 spiro atoms. The SMILES string of the molecule is CCC1CCCCN1C(=O)COC(=O)c1ccc2c(c1)OCCCO2. The Morgan fingerprint density at radius 3 is 2.76 bits per heavy atom. The maximum absolute atomic E-state index is 12.4. The van der Waals surface area contributed by atoms with Crippen molar-refractivity contribution in [2.45, 2.75) is 45.1 Å². The number of rotatable bonds is 4. The molecule has 0 saturated carbocycles. The van der Waals surface area contributed by atoms with Crippen LogP contribution in [0.15, 0.2) is 18.2 Å². The molecule has 2 heterocycles. The Balaban J connectivity index is 1.59. The van der Waals surface area contributed by atoms with Gasteiger partial charge in [0.1, 0.15) is 0 Å². The summed E-state index contributed by atoms with van der Waals surface area (Å²) in [6.07, 6.45) is 4.93. The quantitative estimate of drug-likeness (QED) is 0.784. The van der Waals surface area contributed by atoms with Gasteiger partial charge in [-0.1, -0.05) is 6.92 Å². The Morgan fingerprint density at radius 2 is 1.96 bits per heavy atom. The lowest BCUT2D eigenvalue weighted by atomic mass is 10.00. The summed E-state index contributed by atoms with van der Waals surface area (Å²) in [5.41, 5.74) is 0.364. The summed E-state index contributed by atoms with van der Waals surface area (Å²) in [7, 11) is 0. The lowest BCUT2D eigenvalue weighted by Crippen LogP contribution is -2.45. The van der Waals surface area contributed by atoms with Gasteiger partial charge < -0.3 is 19.1 Å². The molecular formula is C19H25NO5. The van der Waals surface area contributed by atoms with E-state index in [1.807, 2.05) is 4.90 Å². The van der Waals surface area contributed by atoms with Crippen LogP contribution in [0.25, 0.3) is 0 Å². The number of esters is 1. The van der Waals surface area contributed by atoms with Crippen LogP contribution in [-0.2, 0) is 9.53 Å². The summed E-state index contributed by atoms with van der Waals surface area (Å²) in [4.78, 5) is 26.5. The Labute approximate surface area is 148 Å². The summed E-state index contributed by atoms with van der Waals surface area (Å²) in [6.45, 7) is 3.76. The standard InChI is InChI=1S/C19H25NO5/c1-2-15-6-3-4-9-20(15)18(21)13-25-19(22)14-7-8-16-17(12-14)24-11-5-10-23-16/h7-8,12,15H,2-6,9-11,13H2,1H3. The smallest absolute Gasteiger partial charge is 0.338 e. The topological polar surface area (TPSA) is 65.1 Å². The van der Waals surface area contributed by atoms with Crippen molar-refractivity contribution in [2.24, 2.45) is 0 Å². The van der Waals surface area contributed by atoms with Crippen molar-refractivity contribution >= 4 is 11.9 Å². The van der Waals surface area contributed by atoms with Gasteiger partial charge in [0.15, 0.2) is 18.1 Å². The molecule has 6 heteroatoms. The fourth-order valence-corrected chi connectivity index (χ4v) is 3.34. The van der Waals surface area contributed by atoms with Crippen molar-refractivity contribution in [1.82, 2.24) is 4.90 Å². The monoisotopic (exact) mass is 347 g/mol. The molecule has 0 N–H and O–H groups in total. The Hall–Kier alpha value is -2.24. The van der Waals surface area contributed by atoms with Crippen LogP contribution < -0.4 is 9.47 Å². The highest BCUT2D eigenvalue weighted by Gasteiger charge is 2.26. The third kappa shape index (κ3) is 4.24. The zero-order valence-electron chi connectivity index (χ0n) is 14.7. The van der Waals surface area contributed by atoms with Crippen LogP contribution in [0.1, 0.15) is 49.4 Å². The van der Waals surface area contributed by atoms with Crippen LogP contribution in [0.3, 0.4) is 0 Å². The summed E-state index contributed by atoms with van der Waals surface area (Å²) in [5, 5.41) is 0. The molecule has 1 atom stereocenters. The van der Waals surface area contributed by atoms with Crippen molar-refractivity contribution < 1.29 is 23.8 Å². The van der Waals surface area contributed by atoms with Crippen molar-refractivity contribution in [3.8, 4) is 11.5 Å². The Kier molecular flexibility index (Phi) is 5.79. The van der Waals surface area contributed by atoms with Gasteiger partial charge in [-0.25, -0.2) is 4.79 Å². The van der Waals surface area contributed by atoms with Crippen molar-refractivity contribution in [1.29, 1.82) is 0 Å². The van der Waals surface area contributed by atoms with E-state index < -0.39 is 5.97 Å². The second-order valence-corrected chi connectivity index (χ2v) is 6.43. The summed E-state index contributed by atoms with van der Waals surface area (Å²) >= 11 is 0. The first kappa shape index (κ1) is 17.6. The van der Waals surface area contributed by atoms with E-state index in [-0.39, 0.29) is 18.6 Å². The van der Waals surface area contributed by atoms with Gasteiger partial charge in [-0.3, -0.25) is 4.79 Å². The van der Waals surface area contributed by atoms with Crippen LogP contribution in [-0.4, -0.2) is 49.2 Å². The van der Waals surface area contributed by atoms with E-state index in [9.17, 15) is 9.59 Å². The number of fused-ring (bicyclic) bond motifs is 1. The average molecular weight is 347 g/mol. The Morgan fingerprint density at radius 1 is 1.16 bits per heavy atom. The largest absolute Gasteiger partial charge is 0.490 e. The minimum Gasteiger partial charge on any atom is -0.490 e.